The fraction of sp³-hybridized carbons (Fsp3) is 0.280. The number of halogens is 1. The summed E-state index contributed by atoms with van der Waals surface area (Å²) in [5.41, 5.74) is 3.12. The molecule has 1 N–H and O–H groups in total. The summed E-state index contributed by atoms with van der Waals surface area (Å²) in [6.07, 6.45) is 2.13. The first kappa shape index (κ1) is 24.6. The van der Waals surface area contributed by atoms with Gasteiger partial charge in [0.15, 0.2) is 9.84 Å². The molecule has 0 aliphatic carbocycles. The number of benzene rings is 2. The zero-order chi connectivity index (χ0) is 25.2. The van der Waals surface area contributed by atoms with Crippen molar-refractivity contribution in [1.29, 1.82) is 0 Å². The average Bonchev–Trinajstić information content (AvgIpc) is 3.34. The number of aromatic nitrogens is 4. The van der Waals surface area contributed by atoms with Gasteiger partial charge < -0.3 is 9.73 Å². The molecular weight excluding hydrogens is 469 g/mol. The zero-order valence-corrected chi connectivity index (χ0v) is 20.7. The van der Waals surface area contributed by atoms with Crippen LogP contribution in [-0.2, 0) is 16.4 Å². The van der Waals surface area contributed by atoms with Gasteiger partial charge >= 0.3 is 0 Å². The van der Waals surface area contributed by atoms with E-state index >= 15 is 0 Å². The highest BCUT2D eigenvalue weighted by Gasteiger charge is 2.22. The molecule has 0 aliphatic rings. The number of hydrogen-bond donors (Lipinski definition) is 1. The fourth-order valence-electron chi connectivity index (χ4n) is 3.53. The molecule has 10 heteroatoms. The second-order valence-corrected chi connectivity index (χ2v) is 10.6. The van der Waals surface area contributed by atoms with Gasteiger partial charge in [-0.15, -0.1) is 10.2 Å². The maximum Gasteiger partial charge on any atom is 0.268 e. The van der Waals surface area contributed by atoms with E-state index < -0.39 is 20.9 Å². The molecule has 0 spiro atoms. The van der Waals surface area contributed by atoms with E-state index in [9.17, 15) is 12.8 Å². The number of hydrogen-bond acceptors (Lipinski definition) is 8. The first-order chi connectivity index (χ1) is 16.7. The Kier molecular flexibility index (Phi) is 7.04. The van der Waals surface area contributed by atoms with Crippen LogP contribution in [0.2, 0.25) is 0 Å². The predicted octanol–water partition coefficient (Wildman–Crippen LogP) is 4.85. The van der Waals surface area contributed by atoms with Crippen LogP contribution in [0.3, 0.4) is 0 Å². The van der Waals surface area contributed by atoms with Gasteiger partial charge in [0.1, 0.15) is 11.5 Å². The Balaban J connectivity index is 0.00000361. The summed E-state index contributed by atoms with van der Waals surface area (Å²) >= 11 is 0. The summed E-state index contributed by atoms with van der Waals surface area (Å²) < 4.78 is 45.6. The lowest BCUT2D eigenvalue weighted by molar-refractivity contribution is 0.567. The van der Waals surface area contributed by atoms with Gasteiger partial charge in [0, 0.05) is 13.5 Å². The molecule has 2 aromatic heterocycles. The lowest BCUT2D eigenvalue weighted by Gasteiger charge is -2.11. The monoisotopic (exact) mass is 497 g/mol. The van der Waals surface area contributed by atoms with Crippen LogP contribution in [0.5, 0.6) is 0 Å². The Labute approximate surface area is 205 Å². The van der Waals surface area contributed by atoms with Gasteiger partial charge in [0.25, 0.3) is 11.8 Å². The van der Waals surface area contributed by atoms with Gasteiger partial charge in [-0.3, -0.25) is 4.98 Å². The Morgan fingerprint density at radius 2 is 1.83 bits per heavy atom. The fourth-order valence-corrected chi connectivity index (χ4v) is 4.95. The standard InChI is InChI=1S/C25H26FN5O3S.H2/c1-5-15(2)35(32,33)19-9-7-18(8-10-19)22-14-28-16(3)23(29-22)25-31-30-24(34-25)20-11-6-17(13-27-4)12-21(20)26;/h6-12,14-15,27H,5,13H2,1-4H3;1H. The minimum absolute atomic E-state index is 0. The minimum Gasteiger partial charge on any atom is -0.414 e. The molecular formula is C25H28FN5O3S. The Morgan fingerprint density at radius 3 is 2.49 bits per heavy atom. The van der Waals surface area contributed by atoms with E-state index in [1.54, 1.807) is 63.5 Å². The van der Waals surface area contributed by atoms with Crippen molar-refractivity contribution >= 4 is 9.84 Å². The number of rotatable bonds is 8. The normalized spacial score (nSPS) is 12.6. The second kappa shape index (κ2) is 10.0. The summed E-state index contributed by atoms with van der Waals surface area (Å²) in [6, 6.07) is 11.3. The molecule has 0 amide bonds. The van der Waals surface area contributed by atoms with Gasteiger partial charge in [-0.05, 0) is 57.1 Å². The van der Waals surface area contributed by atoms with Crippen molar-refractivity contribution in [1.82, 2.24) is 25.5 Å². The van der Waals surface area contributed by atoms with E-state index in [4.69, 9.17) is 4.42 Å². The average molecular weight is 498 g/mol. The molecule has 0 bridgehead atoms. The maximum absolute atomic E-state index is 14.6. The Hall–Kier alpha value is -3.50. The predicted molar refractivity (Wildman–Crippen MR) is 133 cm³/mol. The van der Waals surface area contributed by atoms with Crippen molar-refractivity contribution < 1.29 is 18.7 Å². The van der Waals surface area contributed by atoms with E-state index in [0.717, 1.165) is 5.56 Å². The van der Waals surface area contributed by atoms with Gasteiger partial charge in [-0.25, -0.2) is 17.8 Å². The van der Waals surface area contributed by atoms with Crippen LogP contribution in [0.15, 0.2) is 58.0 Å². The molecule has 2 aromatic carbocycles. The molecule has 1 atom stereocenters. The van der Waals surface area contributed by atoms with Crippen molar-refractivity contribution in [2.75, 3.05) is 7.05 Å². The van der Waals surface area contributed by atoms with Crippen LogP contribution in [0.1, 0.15) is 33.0 Å². The van der Waals surface area contributed by atoms with Crippen molar-refractivity contribution in [2.45, 2.75) is 43.9 Å². The molecule has 4 aromatic rings. The van der Waals surface area contributed by atoms with Crippen molar-refractivity contribution in [3.8, 4) is 34.3 Å². The molecule has 4 rings (SSSR count). The maximum atomic E-state index is 14.6. The first-order valence-corrected chi connectivity index (χ1v) is 12.7. The van der Waals surface area contributed by atoms with Crippen LogP contribution in [-0.4, -0.2) is 40.9 Å². The van der Waals surface area contributed by atoms with Gasteiger partial charge in [-0.1, -0.05) is 25.1 Å². The van der Waals surface area contributed by atoms with Gasteiger partial charge in [0.2, 0.25) is 0 Å². The third kappa shape index (κ3) is 4.98. The SMILES string of the molecule is CCC(C)S(=O)(=O)c1ccc(-c2cnc(C)c(-c3nnc(-c4ccc(CNC)cc4F)o3)n2)cc1.[HH]. The third-order valence-corrected chi connectivity index (χ3v) is 8.13. The molecule has 0 saturated carbocycles. The van der Waals surface area contributed by atoms with Crippen LogP contribution in [0.4, 0.5) is 4.39 Å². The van der Waals surface area contributed by atoms with Gasteiger partial charge in [0.05, 0.1) is 33.3 Å². The molecule has 8 nitrogen and oxygen atoms in total. The van der Waals surface area contributed by atoms with Crippen LogP contribution < -0.4 is 5.32 Å². The van der Waals surface area contributed by atoms with Crippen LogP contribution in [0, 0.1) is 12.7 Å². The molecule has 2 heterocycles. The molecule has 35 heavy (non-hydrogen) atoms. The van der Waals surface area contributed by atoms with E-state index in [2.05, 4.69) is 25.5 Å². The van der Waals surface area contributed by atoms with Crippen molar-refractivity contribution in [3.05, 3.63) is 65.7 Å². The molecule has 0 aliphatic heterocycles. The Bertz CT molecular complexity index is 1460. The highest BCUT2D eigenvalue weighted by molar-refractivity contribution is 7.92. The lowest BCUT2D eigenvalue weighted by Crippen LogP contribution is -2.16. The highest BCUT2D eigenvalue weighted by atomic mass is 32.2. The van der Waals surface area contributed by atoms with Crippen molar-refractivity contribution in [3.63, 3.8) is 0 Å². The minimum atomic E-state index is -3.38. The summed E-state index contributed by atoms with van der Waals surface area (Å²) in [5.74, 6) is -0.307. The van der Waals surface area contributed by atoms with E-state index in [1.165, 1.54) is 6.07 Å². The number of sulfone groups is 1. The molecule has 0 saturated heterocycles. The summed E-state index contributed by atoms with van der Waals surface area (Å²) in [7, 11) is -1.59. The largest absolute Gasteiger partial charge is 0.414 e. The number of nitrogens with zero attached hydrogens (tertiary/aromatic N) is 4. The summed E-state index contributed by atoms with van der Waals surface area (Å²) in [4.78, 5) is 9.26. The molecule has 1 unspecified atom stereocenters. The van der Waals surface area contributed by atoms with Crippen LogP contribution >= 0.6 is 0 Å². The summed E-state index contributed by atoms with van der Waals surface area (Å²) in [6.45, 7) is 5.84. The summed E-state index contributed by atoms with van der Waals surface area (Å²) in [5, 5.41) is 10.6. The molecule has 0 fully saturated rings. The molecule has 0 radical (unpaired) electrons. The second-order valence-electron chi connectivity index (χ2n) is 8.23. The van der Waals surface area contributed by atoms with Gasteiger partial charge in [-0.2, -0.15) is 0 Å². The third-order valence-electron chi connectivity index (χ3n) is 5.81. The van der Waals surface area contributed by atoms with Crippen molar-refractivity contribution in [2.24, 2.45) is 0 Å². The van der Waals surface area contributed by atoms with Crippen LogP contribution in [0.25, 0.3) is 34.3 Å². The quantitative estimate of drug-likeness (QED) is 0.368. The van der Waals surface area contributed by atoms with E-state index in [0.29, 0.717) is 35.6 Å². The lowest BCUT2D eigenvalue weighted by atomic mass is 10.1. The van der Waals surface area contributed by atoms with E-state index in [-0.39, 0.29) is 23.7 Å². The topological polar surface area (TPSA) is 111 Å². The number of nitrogens with one attached hydrogen (secondary N) is 1. The smallest absolute Gasteiger partial charge is 0.268 e. The van der Waals surface area contributed by atoms with E-state index in [1.807, 2.05) is 6.92 Å². The zero-order valence-electron chi connectivity index (χ0n) is 19.9. The first-order valence-electron chi connectivity index (χ1n) is 11.2. The Morgan fingerprint density at radius 1 is 1.11 bits per heavy atom. The molecule has 184 valence electrons. The number of aryl methyl sites for hydroxylation is 1. The highest BCUT2D eigenvalue weighted by Crippen LogP contribution is 2.29.